The summed E-state index contributed by atoms with van der Waals surface area (Å²) in [5.74, 6) is -0.105. The number of rotatable bonds is 5. The average Bonchev–Trinajstić information content (AvgIpc) is 2.38. The quantitative estimate of drug-likeness (QED) is 0.410. The lowest BCUT2D eigenvalue weighted by molar-refractivity contribution is -0.134. The van der Waals surface area contributed by atoms with Gasteiger partial charge in [0.1, 0.15) is 0 Å². The predicted octanol–water partition coefficient (Wildman–Crippen LogP) is -0.0163. The number of hydrogen-bond acceptors (Lipinski definition) is 4. The number of nitrogens with zero attached hydrogens (tertiary/aromatic N) is 2. The Morgan fingerprint density at radius 3 is 2.61 bits per heavy atom. The van der Waals surface area contributed by atoms with Crippen molar-refractivity contribution >= 4 is 5.91 Å². The van der Waals surface area contributed by atoms with Crippen LogP contribution in [-0.2, 0) is 4.79 Å². The van der Waals surface area contributed by atoms with E-state index in [9.17, 15) is 4.79 Å². The van der Waals surface area contributed by atoms with Crippen LogP contribution in [0.15, 0.2) is 24.8 Å². The van der Waals surface area contributed by atoms with E-state index in [2.05, 4.69) is 28.8 Å². The number of hydrazine groups is 1. The molecule has 1 heterocycles. The Balaban J connectivity index is 2.87. The van der Waals surface area contributed by atoms with Gasteiger partial charge in [-0.15, -0.1) is 0 Å². The van der Waals surface area contributed by atoms with Gasteiger partial charge in [0.2, 0.25) is 0 Å². The lowest BCUT2D eigenvalue weighted by Gasteiger charge is -2.42. The maximum atomic E-state index is 12.2. The van der Waals surface area contributed by atoms with E-state index in [1.54, 1.807) is 12.1 Å². The van der Waals surface area contributed by atoms with Crippen molar-refractivity contribution in [3.8, 4) is 0 Å². The molecule has 18 heavy (non-hydrogen) atoms. The van der Waals surface area contributed by atoms with Crippen LogP contribution in [0.5, 0.6) is 0 Å². The zero-order valence-corrected chi connectivity index (χ0v) is 11.6. The number of likely N-dealkylation sites (N-methyl/N-ethyl adjacent to an activating group) is 1. The van der Waals surface area contributed by atoms with E-state index in [4.69, 9.17) is 0 Å². The second kappa shape index (κ2) is 6.68. The van der Waals surface area contributed by atoms with E-state index in [0.717, 1.165) is 19.5 Å². The second-order valence-electron chi connectivity index (χ2n) is 4.72. The highest BCUT2D eigenvalue weighted by Crippen LogP contribution is 2.16. The molecule has 1 fully saturated rings. The maximum absolute atomic E-state index is 12.2. The Labute approximate surface area is 109 Å². The molecule has 0 aromatic heterocycles. The van der Waals surface area contributed by atoms with Crippen LogP contribution in [0.1, 0.15) is 6.42 Å². The van der Waals surface area contributed by atoms with E-state index in [0.29, 0.717) is 5.57 Å². The summed E-state index contributed by atoms with van der Waals surface area (Å²) in [4.78, 5) is 14.4. The van der Waals surface area contributed by atoms with Crippen molar-refractivity contribution in [1.82, 2.24) is 20.7 Å². The minimum atomic E-state index is -0.105. The lowest BCUT2D eigenvalue weighted by Crippen LogP contribution is -2.62. The van der Waals surface area contributed by atoms with Crippen LogP contribution >= 0.6 is 0 Å². The third kappa shape index (κ3) is 3.19. The molecule has 102 valence electrons. The Morgan fingerprint density at radius 1 is 1.44 bits per heavy atom. The van der Waals surface area contributed by atoms with Crippen LogP contribution in [0.3, 0.4) is 0 Å². The van der Waals surface area contributed by atoms with Crippen LogP contribution < -0.4 is 10.7 Å². The number of piperidine rings is 1. The number of amides is 1. The SMILES string of the molecule is C=CC(=C)C(=O)N(NC)C1CCNCC1N(C)C. The molecular formula is C13H24N4O. The van der Waals surface area contributed by atoms with Gasteiger partial charge in [0.25, 0.3) is 5.91 Å². The number of carbonyl (C=O) groups excluding carboxylic acids is 1. The fourth-order valence-corrected chi connectivity index (χ4v) is 2.32. The first-order valence-corrected chi connectivity index (χ1v) is 6.22. The van der Waals surface area contributed by atoms with Gasteiger partial charge in [0.05, 0.1) is 6.04 Å². The van der Waals surface area contributed by atoms with Crippen LogP contribution in [0.2, 0.25) is 0 Å². The molecule has 1 saturated heterocycles. The Bertz CT molecular complexity index is 327. The predicted molar refractivity (Wildman–Crippen MR) is 74.0 cm³/mol. The first-order valence-electron chi connectivity index (χ1n) is 6.22. The molecule has 1 rings (SSSR count). The fourth-order valence-electron chi connectivity index (χ4n) is 2.32. The summed E-state index contributed by atoms with van der Waals surface area (Å²) in [5, 5.41) is 5.03. The van der Waals surface area contributed by atoms with Crippen LogP contribution in [0.4, 0.5) is 0 Å². The van der Waals surface area contributed by atoms with Gasteiger partial charge in [0, 0.05) is 25.2 Å². The van der Waals surface area contributed by atoms with Crippen molar-refractivity contribution in [1.29, 1.82) is 0 Å². The van der Waals surface area contributed by atoms with Crippen LogP contribution in [0, 0.1) is 0 Å². The van der Waals surface area contributed by atoms with Gasteiger partial charge >= 0.3 is 0 Å². The van der Waals surface area contributed by atoms with Gasteiger partial charge in [-0.25, -0.2) is 5.43 Å². The molecule has 5 nitrogen and oxygen atoms in total. The van der Waals surface area contributed by atoms with Gasteiger partial charge in [-0.3, -0.25) is 9.80 Å². The summed E-state index contributed by atoms with van der Waals surface area (Å²) in [6, 6.07) is 0.420. The minimum Gasteiger partial charge on any atom is -0.315 e. The van der Waals surface area contributed by atoms with E-state index in [1.807, 2.05) is 14.1 Å². The highest BCUT2D eigenvalue weighted by molar-refractivity contribution is 5.95. The monoisotopic (exact) mass is 252 g/mol. The molecule has 1 aliphatic heterocycles. The van der Waals surface area contributed by atoms with Crippen molar-refractivity contribution in [3.05, 3.63) is 24.8 Å². The van der Waals surface area contributed by atoms with E-state index >= 15 is 0 Å². The Morgan fingerprint density at radius 2 is 2.11 bits per heavy atom. The molecule has 1 amide bonds. The van der Waals surface area contributed by atoms with E-state index < -0.39 is 0 Å². The first-order chi connectivity index (χ1) is 8.52. The minimum absolute atomic E-state index is 0.105. The summed E-state index contributed by atoms with van der Waals surface area (Å²) in [6.45, 7) is 9.12. The highest BCUT2D eigenvalue weighted by Gasteiger charge is 2.34. The molecule has 0 aromatic rings. The van der Waals surface area contributed by atoms with Gasteiger partial charge in [-0.2, -0.15) is 0 Å². The molecule has 0 saturated carbocycles. The van der Waals surface area contributed by atoms with E-state index in [-0.39, 0.29) is 18.0 Å². The second-order valence-corrected chi connectivity index (χ2v) is 4.72. The van der Waals surface area contributed by atoms with E-state index in [1.165, 1.54) is 6.08 Å². The van der Waals surface area contributed by atoms with Gasteiger partial charge in [-0.05, 0) is 27.1 Å². The lowest BCUT2D eigenvalue weighted by atomic mass is 9.98. The third-order valence-electron chi connectivity index (χ3n) is 3.39. The van der Waals surface area contributed by atoms with Gasteiger partial charge in [0.15, 0.2) is 0 Å². The molecule has 0 radical (unpaired) electrons. The largest absolute Gasteiger partial charge is 0.315 e. The number of nitrogens with one attached hydrogen (secondary N) is 2. The molecule has 2 N–H and O–H groups in total. The molecule has 5 heteroatoms. The average molecular weight is 252 g/mol. The molecule has 2 unspecified atom stereocenters. The van der Waals surface area contributed by atoms with Crippen molar-refractivity contribution in [3.63, 3.8) is 0 Å². The maximum Gasteiger partial charge on any atom is 0.267 e. The Hall–Kier alpha value is -1.17. The molecule has 0 bridgehead atoms. The smallest absolute Gasteiger partial charge is 0.267 e. The van der Waals surface area contributed by atoms with Crippen molar-refractivity contribution in [2.24, 2.45) is 0 Å². The molecule has 0 aromatic carbocycles. The van der Waals surface area contributed by atoms with Crippen molar-refractivity contribution in [2.45, 2.75) is 18.5 Å². The van der Waals surface area contributed by atoms with Crippen LogP contribution in [0.25, 0.3) is 0 Å². The summed E-state index contributed by atoms with van der Waals surface area (Å²) < 4.78 is 0. The summed E-state index contributed by atoms with van der Waals surface area (Å²) in [7, 11) is 5.83. The summed E-state index contributed by atoms with van der Waals surface area (Å²) in [6.07, 6.45) is 2.41. The fraction of sp³-hybridized carbons (Fsp3) is 0.615. The molecule has 0 spiro atoms. The molecule has 0 aliphatic carbocycles. The number of hydrogen-bond donors (Lipinski definition) is 2. The summed E-state index contributed by atoms with van der Waals surface area (Å²) >= 11 is 0. The van der Waals surface area contributed by atoms with Crippen LogP contribution in [-0.4, -0.2) is 62.1 Å². The van der Waals surface area contributed by atoms with Crippen molar-refractivity contribution < 1.29 is 4.79 Å². The molecule has 1 aliphatic rings. The zero-order valence-electron chi connectivity index (χ0n) is 11.6. The molecular weight excluding hydrogens is 228 g/mol. The van der Waals surface area contributed by atoms with Crippen molar-refractivity contribution in [2.75, 3.05) is 34.2 Å². The normalized spacial score (nSPS) is 23.8. The van der Waals surface area contributed by atoms with Gasteiger partial charge in [-0.1, -0.05) is 19.2 Å². The summed E-state index contributed by atoms with van der Waals surface area (Å²) in [5.41, 5.74) is 3.41. The topological polar surface area (TPSA) is 47.6 Å². The van der Waals surface area contributed by atoms with Gasteiger partial charge < -0.3 is 10.2 Å². The standard InChI is InChI=1S/C13H24N4O/c1-6-10(2)13(18)17(14-3)11-7-8-15-9-12(11)16(4)5/h6,11-12,14-15H,1-2,7-9H2,3-5H3. The zero-order chi connectivity index (χ0) is 13.7. The highest BCUT2D eigenvalue weighted by atomic mass is 16.2. The first kappa shape index (κ1) is 14.9. The molecule has 2 atom stereocenters. The third-order valence-corrected chi connectivity index (χ3v) is 3.39. The Kier molecular flexibility index (Phi) is 5.53. The number of carbonyl (C=O) groups is 1.